The molecule has 3 aromatic rings. The number of methoxy groups -OCH3 is 1. The van der Waals surface area contributed by atoms with E-state index in [9.17, 15) is 13.6 Å². The van der Waals surface area contributed by atoms with Crippen LogP contribution in [0.25, 0.3) is 22.4 Å². The Morgan fingerprint density at radius 1 is 1.07 bits per heavy atom. The number of aromatic carboxylic acids is 1. The average molecular weight is 413 g/mol. The second kappa shape index (κ2) is 9.45. The minimum absolute atomic E-state index is 0.141. The molecule has 1 N–H and O–H groups in total. The van der Waals surface area contributed by atoms with E-state index in [4.69, 9.17) is 14.6 Å². The predicted octanol–water partition coefficient (Wildman–Crippen LogP) is 4.98. The first kappa shape index (κ1) is 21.4. The van der Waals surface area contributed by atoms with E-state index in [1.54, 1.807) is 18.3 Å². The molecule has 0 fully saturated rings. The fourth-order valence-electron chi connectivity index (χ4n) is 3.11. The van der Waals surface area contributed by atoms with Crippen molar-refractivity contribution in [1.29, 1.82) is 0 Å². The Hall–Kier alpha value is -3.32. The third-order valence-electron chi connectivity index (χ3n) is 4.60. The summed E-state index contributed by atoms with van der Waals surface area (Å²) in [5.41, 5.74) is 2.96. The smallest absolute Gasteiger partial charge is 0.335 e. The van der Waals surface area contributed by atoms with Crippen LogP contribution in [0.4, 0.5) is 8.78 Å². The maximum absolute atomic E-state index is 14.3. The van der Waals surface area contributed by atoms with Crippen LogP contribution in [0.15, 0.2) is 48.7 Å². The molecule has 0 radical (unpaired) electrons. The Kier molecular flexibility index (Phi) is 6.74. The van der Waals surface area contributed by atoms with E-state index < -0.39 is 23.4 Å². The Morgan fingerprint density at radius 3 is 2.30 bits per heavy atom. The number of hydrogen-bond acceptors (Lipinski definition) is 4. The fraction of sp³-hybridized carbons (Fsp3) is 0.217. The van der Waals surface area contributed by atoms with Gasteiger partial charge in [0.15, 0.2) is 17.4 Å². The van der Waals surface area contributed by atoms with Crippen LogP contribution in [0, 0.1) is 11.6 Å². The van der Waals surface area contributed by atoms with E-state index in [1.165, 1.54) is 31.4 Å². The van der Waals surface area contributed by atoms with E-state index in [2.05, 4.69) is 4.98 Å². The molecule has 0 atom stereocenters. The fourth-order valence-corrected chi connectivity index (χ4v) is 3.11. The van der Waals surface area contributed by atoms with Gasteiger partial charge in [0.05, 0.1) is 25.0 Å². The number of carboxylic acids is 1. The molecule has 0 aliphatic heterocycles. The van der Waals surface area contributed by atoms with Crippen molar-refractivity contribution in [2.45, 2.75) is 13.3 Å². The molecule has 0 saturated heterocycles. The van der Waals surface area contributed by atoms with Crippen molar-refractivity contribution >= 4 is 5.97 Å². The topological polar surface area (TPSA) is 68.7 Å². The molecule has 1 heterocycles. The molecule has 0 aliphatic rings. The van der Waals surface area contributed by atoms with Gasteiger partial charge in [-0.2, -0.15) is 0 Å². The van der Waals surface area contributed by atoms with E-state index in [1.807, 2.05) is 13.0 Å². The van der Waals surface area contributed by atoms with Gasteiger partial charge in [-0.15, -0.1) is 0 Å². The van der Waals surface area contributed by atoms with Crippen LogP contribution in [0.5, 0.6) is 5.75 Å². The first-order valence-electron chi connectivity index (χ1n) is 9.38. The van der Waals surface area contributed by atoms with Gasteiger partial charge in [-0.05, 0) is 54.8 Å². The summed E-state index contributed by atoms with van der Waals surface area (Å²) < 4.78 is 38.7. The standard InChI is InChI=1S/C23H21F2NO4/c1-3-30-9-8-14-10-18(15-4-6-16(7-5-15)23(27)28)21(26-13-14)17-11-19(24)22(29-2)20(25)12-17/h4-7,10-13H,3,8-9H2,1-2H3,(H,27,28). The lowest BCUT2D eigenvalue weighted by Gasteiger charge is -2.13. The van der Waals surface area contributed by atoms with Crippen molar-refractivity contribution in [3.63, 3.8) is 0 Å². The third-order valence-corrected chi connectivity index (χ3v) is 4.60. The Labute approximate surface area is 172 Å². The zero-order valence-corrected chi connectivity index (χ0v) is 16.6. The Bertz CT molecular complexity index is 1030. The second-order valence-corrected chi connectivity index (χ2v) is 6.54. The summed E-state index contributed by atoms with van der Waals surface area (Å²) in [7, 11) is 1.20. The normalized spacial score (nSPS) is 10.8. The highest BCUT2D eigenvalue weighted by Gasteiger charge is 2.17. The van der Waals surface area contributed by atoms with Crippen LogP contribution in [0.2, 0.25) is 0 Å². The van der Waals surface area contributed by atoms with E-state index in [0.717, 1.165) is 5.56 Å². The molecule has 0 bridgehead atoms. The molecule has 5 nitrogen and oxygen atoms in total. The molecule has 3 rings (SSSR count). The molecule has 0 spiro atoms. The monoisotopic (exact) mass is 413 g/mol. The summed E-state index contributed by atoms with van der Waals surface area (Å²) in [6.45, 7) is 3.02. The molecular weight excluding hydrogens is 392 g/mol. The van der Waals surface area contributed by atoms with Crippen LogP contribution in [-0.2, 0) is 11.2 Å². The van der Waals surface area contributed by atoms with Crippen molar-refractivity contribution in [2.24, 2.45) is 0 Å². The second-order valence-electron chi connectivity index (χ2n) is 6.54. The van der Waals surface area contributed by atoms with Crippen molar-refractivity contribution in [3.05, 3.63) is 71.4 Å². The van der Waals surface area contributed by atoms with E-state index in [-0.39, 0.29) is 11.1 Å². The van der Waals surface area contributed by atoms with Gasteiger partial charge < -0.3 is 14.6 Å². The molecule has 0 amide bonds. The molecule has 7 heteroatoms. The van der Waals surface area contributed by atoms with Gasteiger partial charge in [-0.1, -0.05) is 12.1 Å². The zero-order chi connectivity index (χ0) is 21.7. The summed E-state index contributed by atoms with van der Waals surface area (Å²) in [5, 5.41) is 9.13. The number of carbonyl (C=O) groups is 1. The summed E-state index contributed by atoms with van der Waals surface area (Å²) >= 11 is 0. The first-order chi connectivity index (χ1) is 14.4. The molecule has 0 aliphatic carbocycles. The van der Waals surface area contributed by atoms with Crippen LogP contribution in [0.3, 0.4) is 0 Å². The van der Waals surface area contributed by atoms with Gasteiger partial charge in [0.2, 0.25) is 0 Å². The number of halogens is 2. The number of rotatable bonds is 8. The van der Waals surface area contributed by atoms with E-state index >= 15 is 0 Å². The number of nitrogens with zero attached hydrogens (tertiary/aromatic N) is 1. The molecule has 156 valence electrons. The molecule has 30 heavy (non-hydrogen) atoms. The van der Waals surface area contributed by atoms with Crippen molar-refractivity contribution in [2.75, 3.05) is 20.3 Å². The van der Waals surface area contributed by atoms with Gasteiger partial charge in [-0.25, -0.2) is 13.6 Å². The van der Waals surface area contributed by atoms with Gasteiger partial charge >= 0.3 is 5.97 Å². The lowest BCUT2D eigenvalue weighted by atomic mass is 9.96. The van der Waals surface area contributed by atoms with Crippen molar-refractivity contribution < 1.29 is 28.2 Å². The highest BCUT2D eigenvalue weighted by Crippen LogP contribution is 2.34. The van der Waals surface area contributed by atoms with E-state index in [0.29, 0.717) is 36.5 Å². The minimum Gasteiger partial charge on any atom is -0.491 e. The third kappa shape index (κ3) is 4.63. The maximum Gasteiger partial charge on any atom is 0.335 e. The van der Waals surface area contributed by atoms with Gasteiger partial charge in [0, 0.05) is 23.9 Å². The molecular formula is C23H21F2NO4. The number of ether oxygens (including phenoxy) is 2. The summed E-state index contributed by atoms with van der Waals surface area (Å²) in [4.78, 5) is 15.6. The lowest BCUT2D eigenvalue weighted by Crippen LogP contribution is -2.01. The number of pyridine rings is 1. The average Bonchev–Trinajstić information content (AvgIpc) is 2.73. The number of aromatic nitrogens is 1. The van der Waals surface area contributed by atoms with Crippen LogP contribution < -0.4 is 4.74 Å². The van der Waals surface area contributed by atoms with Crippen molar-refractivity contribution in [3.8, 4) is 28.1 Å². The molecule has 2 aromatic carbocycles. The Morgan fingerprint density at radius 2 is 1.73 bits per heavy atom. The quantitative estimate of drug-likeness (QED) is 0.528. The first-order valence-corrected chi connectivity index (χ1v) is 9.38. The van der Waals surface area contributed by atoms with Gasteiger partial charge in [0.1, 0.15) is 0 Å². The lowest BCUT2D eigenvalue weighted by molar-refractivity contribution is 0.0697. The number of hydrogen-bond donors (Lipinski definition) is 1. The van der Waals surface area contributed by atoms with Crippen LogP contribution in [-0.4, -0.2) is 36.4 Å². The van der Waals surface area contributed by atoms with Gasteiger partial charge in [0.25, 0.3) is 0 Å². The van der Waals surface area contributed by atoms with Crippen molar-refractivity contribution in [1.82, 2.24) is 4.98 Å². The highest BCUT2D eigenvalue weighted by atomic mass is 19.1. The minimum atomic E-state index is -1.04. The summed E-state index contributed by atoms with van der Waals surface area (Å²) in [6, 6.07) is 10.4. The van der Waals surface area contributed by atoms with Crippen LogP contribution in [0.1, 0.15) is 22.8 Å². The maximum atomic E-state index is 14.3. The molecule has 1 aromatic heterocycles. The zero-order valence-electron chi connectivity index (χ0n) is 16.6. The highest BCUT2D eigenvalue weighted by molar-refractivity contribution is 5.89. The molecule has 0 unspecified atom stereocenters. The van der Waals surface area contributed by atoms with Gasteiger partial charge in [-0.3, -0.25) is 4.98 Å². The van der Waals surface area contributed by atoms with Crippen LogP contribution >= 0.6 is 0 Å². The number of benzene rings is 2. The number of carboxylic acid groups (broad SMARTS) is 1. The summed E-state index contributed by atoms with van der Waals surface area (Å²) in [5.74, 6) is -3.16. The SMILES string of the molecule is CCOCCc1cnc(-c2cc(F)c(OC)c(F)c2)c(-c2ccc(C(=O)O)cc2)c1. The Balaban J connectivity index is 2.11. The largest absolute Gasteiger partial charge is 0.491 e. The predicted molar refractivity (Wildman–Crippen MR) is 109 cm³/mol. The molecule has 0 saturated carbocycles. The summed E-state index contributed by atoms with van der Waals surface area (Å²) in [6.07, 6.45) is 2.26.